The molecule has 10 heavy (non-hydrogen) atoms. The van der Waals surface area contributed by atoms with Crippen LogP contribution in [0.15, 0.2) is 12.7 Å². The molecule has 0 aromatic carbocycles. The average Bonchev–Trinajstić information content (AvgIpc) is 1.78. The molecule has 0 saturated heterocycles. The summed E-state index contributed by atoms with van der Waals surface area (Å²) in [5.74, 6) is 2.44. The summed E-state index contributed by atoms with van der Waals surface area (Å²) >= 11 is 2.00. The summed E-state index contributed by atoms with van der Waals surface area (Å²) in [6.45, 7) is 10.9. The van der Waals surface area contributed by atoms with Crippen LogP contribution in [0.3, 0.4) is 0 Å². The fourth-order valence-corrected chi connectivity index (χ4v) is 3.91. The molecule has 0 atom stereocenters. The second kappa shape index (κ2) is 5.02. The largest absolute Gasteiger partial charge is 0.158 e. The molecule has 0 aliphatic rings. The third-order valence-electron chi connectivity index (χ3n) is 1.23. The molecule has 0 aliphatic heterocycles. The zero-order valence-corrected chi connectivity index (χ0v) is 9.13. The molecule has 60 valence electrons. The van der Waals surface area contributed by atoms with E-state index in [2.05, 4.69) is 26.2 Å². The zero-order chi connectivity index (χ0) is 8.04. The maximum Gasteiger partial charge on any atom is 0.0450 e. The number of hydrogen-bond acceptors (Lipinski definition) is 1. The van der Waals surface area contributed by atoms with Crippen LogP contribution in [0.4, 0.5) is 0 Å². The minimum Gasteiger partial charge on any atom is -0.158 e. The minimum absolute atomic E-state index is 0.762. The van der Waals surface area contributed by atoms with Gasteiger partial charge >= 0.3 is 0 Å². The molecule has 0 aliphatic carbocycles. The Labute approximate surface area is 70.1 Å². The third kappa shape index (κ3) is 8.31. The Bertz CT molecular complexity index is 93.9. The van der Waals surface area contributed by atoms with Crippen molar-refractivity contribution >= 4 is 19.8 Å². The Morgan fingerprint density at radius 3 is 2.40 bits per heavy atom. The van der Waals surface area contributed by atoms with Crippen molar-refractivity contribution in [1.29, 1.82) is 0 Å². The standard InChI is InChI=1S/C8H18SSi/c1-5-6-9-7-8-10(2,3)4/h5H,1,6-8H2,2-4H3. The molecule has 0 heterocycles. The summed E-state index contributed by atoms with van der Waals surface area (Å²) in [5, 5.41) is 0. The van der Waals surface area contributed by atoms with Crippen molar-refractivity contribution in [1.82, 2.24) is 0 Å². The predicted octanol–water partition coefficient (Wildman–Crippen LogP) is 3.24. The smallest absolute Gasteiger partial charge is 0.0450 e. The second-order valence-corrected chi connectivity index (χ2v) is 10.4. The van der Waals surface area contributed by atoms with Crippen molar-refractivity contribution in [3.63, 3.8) is 0 Å². The van der Waals surface area contributed by atoms with Gasteiger partial charge in [0.05, 0.1) is 0 Å². The molecule has 2 heteroatoms. The molecular weight excluding hydrogens is 156 g/mol. The van der Waals surface area contributed by atoms with Crippen molar-refractivity contribution < 1.29 is 0 Å². The van der Waals surface area contributed by atoms with Crippen LogP contribution >= 0.6 is 11.8 Å². The molecule has 0 N–H and O–H groups in total. The van der Waals surface area contributed by atoms with E-state index in [9.17, 15) is 0 Å². The predicted molar refractivity (Wildman–Crippen MR) is 55.7 cm³/mol. The Balaban J connectivity index is 3.12. The third-order valence-corrected chi connectivity index (χ3v) is 4.31. The molecule has 0 radical (unpaired) electrons. The summed E-state index contributed by atoms with van der Waals surface area (Å²) in [6.07, 6.45) is 1.98. The first-order valence-electron chi connectivity index (χ1n) is 3.75. The number of rotatable bonds is 5. The SMILES string of the molecule is C=CCSCC[Si](C)(C)C. The lowest BCUT2D eigenvalue weighted by Crippen LogP contribution is -2.19. The summed E-state index contributed by atoms with van der Waals surface area (Å²) < 4.78 is 0. The molecule has 0 saturated carbocycles. The van der Waals surface area contributed by atoms with E-state index in [1.54, 1.807) is 0 Å². The zero-order valence-electron chi connectivity index (χ0n) is 7.31. The van der Waals surface area contributed by atoms with E-state index in [0.29, 0.717) is 0 Å². The second-order valence-electron chi connectivity index (χ2n) is 3.67. The van der Waals surface area contributed by atoms with Gasteiger partial charge in [-0.1, -0.05) is 25.7 Å². The van der Waals surface area contributed by atoms with Crippen molar-refractivity contribution in [2.75, 3.05) is 11.5 Å². The maximum absolute atomic E-state index is 3.69. The van der Waals surface area contributed by atoms with Crippen molar-refractivity contribution in [3.8, 4) is 0 Å². The Morgan fingerprint density at radius 2 is 2.00 bits per heavy atom. The van der Waals surface area contributed by atoms with Gasteiger partial charge in [-0.2, -0.15) is 11.8 Å². The van der Waals surface area contributed by atoms with Gasteiger partial charge in [0.25, 0.3) is 0 Å². The number of thioether (sulfide) groups is 1. The van der Waals surface area contributed by atoms with Crippen molar-refractivity contribution in [2.24, 2.45) is 0 Å². The van der Waals surface area contributed by atoms with Gasteiger partial charge in [-0.3, -0.25) is 0 Å². The van der Waals surface area contributed by atoms with Gasteiger partial charge in [-0.15, -0.1) is 6.58 Å². The van der Waals surface area contributed by atoms with Crippen LogP contribution in [-0.4, -0.2) is 19.6 Å². The van der Waals surface area contributed by atoms with E-state index >= 15 is 0 Å². The van der Waals surface area contributed by atoms with Gasteiger partial charge in [0.2, 0.25) is 0 Å². The van der Waals surface area contributed by atoms with Crippen LogP contribution in [0, 0.1) is 0 Å². The van der Waals surface area contributed by atoms with E-state index in [1.165, 1.54) is 11.8 Å². The van der Waals surface area contributed by atoms with Gasteiger partial charge in [0, 0.05) is 13.8 Å². The highest BCUT2D eigenvalue weighted by molar-refractivity contribution is 7.99. The van der Waals surface area contributed by atoms with Crippen LogP contribution in [0.5, 0.6) is 0 Å². The fourth-order valence-electron chi connectivity index (χ4n) is 0.545. The van der Waals surface area contributed by atoms with Crippen LogP contribution in [0.25, 0.3) is 0 Å². The first-order chi connectivity index (χ1) is 4.56. The summed E-state index contributed by atoms with van der Waals surface area (Å²) in [5.41, 5.74) is 0. The molecule has 0 unspecified atom stereocenters. The van der Waals surface area contributed by atoms with Crippen LogP contribution in [0.1, 0.15) is 0 Å². The van der Waals surface area contributed by atoms with Gasteiger partial charge in [-0.25, -0.2) is 0 Å². The maximum atomic E-state index is 3.69. The van der Waals surface area contributed by atoms with Crippen LogP contribution in [0.2, 0.25) is 25.7 Å². The molecule has 0 spiro atoms. The van der Waals surface area contributed by atoms with Gasteiger partial charge in [0.1, 0.15) is 0 Å². The summed E-state index contributed by atoms with van der Waals surface area (Å²) in [7, 11) is -0.762. The fraction of sp³-hybridized carbons (Fsp3) is 0.750. The van der Waals surface area contributed by atoms with Gasteiger partial charge < -0.3 is 0 Å². The molecule has 0 bridgehead atoms. The first kappa shape index (κ1) is 10.3. The normalized spacial score (nSPS) is 11.5. The summed E-state index contributed by atoms with van der Waals surface area (Å²) in [6, 6.07) is 1.44. The first-order valence-corrected chi connectivity index (χ1v) is 8.61. The van der Waals surface area contributed by atoms with E-state index < -0.39 is 8.07 Å². The van der Waals surface area contributed by atoms with Crippen LogP contribution < -0.4 is 0 Å². The highest BCUT2D eigenvalue weighted by atomic mass is 32.2. The Morgan fingerprint density at radius 1 is 1.40 bits per heavy atom. The minimum atomic E-state index is -0.762. The highest BCUT2D eigenvalue weighted by Crippen LogP contribution is 2.13. The average molecular weight is 174 g/mol. The molecule has 0 rings (SSSR count). The molecule has 0 fully saturated rings. The highest BCUT2D eigenvalue weighted by Gasteiger charge is 2.11. The van der Waals surface area contributed by atoms with E-state index in [4.69, 9.17) is 0 Å². The Kier molecular flexibility index (Phi) is 5.18. The molecule has 0 aromatic heterocycles. The van der Waals surface area contributed by atoms with E-state index in [1.807, 2.05) is 17.8 Å². The molecule has 0 aromatic rings. The molecular formula is C8H18SSi. The lowest BCUT2D eigenvalue weighted by atomic mass is 10.8. The van der Waals surface area contributed by atoms with Crippen molar-refractivity contribution in [2.45, 2.75) is 25.7 Å². The monoisotopic (exact) mass is 174 g/mol. The van der Waals surface area contributed by atoms with E-state index in [-0.39, 0.29) is 0 Å². The lowest BCUT2D eigenvalue weighted by molar-refractivity contribution is 1.37. The topological polar surface area (TPSA) is 0 Å². The number of hydrogen-bond donors (Lipinski definition) is 0. The summed E-state index contributed by atoms with van der Waals surface area (Å²) in [4.78, 5) is 0. The van der Waals surface area contributed by atoms with Crippen LogP contribution in [-0.2, 0) is 0 Å². The Hall–Kier alpha value is 0.307. The van der Waals surface area contributed by atoms with Crippen molar-refractivity contribution in [3.05, 3.63) is 12.7 Å². The molecule has 0 nitrogen and oxygen atoms in total. The van der Waals surface area contributed by atoms with Gasteiger partial charge in [-0.05, 0) is 11.8 Å². The molecule has 0 amide bonds. The lowest BCUT2D eigenvalue weighted by Gasteiger charge is -2.14. The quantitative estimate of drug-likeness (QED) is 0.350. The van der Waals surface area contributed by atoms with Gasteiger partial charge in [0.15, 0.2) is 0 Å². The van der Waals surface area contributed by atoms with E-state index in [0.717, 1.165) is 5.75 Å².